The summed E-state index contributed by atoms with van der Waals surface area (Å²) in [7, 11) is 0. The Morgan fingerprint density at radius 2 is 0.766 bits per heavy atom. The Kier molecular flexibility index (Phi) is 11.1. The van der Waals surface area contributed by atoms with Crippen LogP contribution in [0.1, 0.15) is 46.9 Å². The van der Waals surface area contributed by atoms with Crippen molar-refractivity contribution in [2.75, 3.05) is 52.7 Å². The third-order valence-corrected chi connectivity index (χ3v) is 8.16. The van der Waals surface area contributed by atoms with Crippen molar-refractivity contribution in [3.8, 4) is 23.0 Å². The Balaban J connectivity index is 0.790. The van der Waals surface area contributed by atoms with Crippen molar-refractivity contribution in [2.24, 2.45) is 0 Å². The molecule has 2 N–H and O–H groups in total. The highest BCUT2D eigenvalue weighted by Crippen LogP contribution is 2.45. The summed E-state index contributed by atoms with van der Waals surface area (Å²) < 4.78 is 28.9. The Bertz CT molecular complexity index is 1450. The smallest absolute Gasteiger partial charge is 0.232 e. The topological polar surface area (TPSA) is 104 Å². The van der Waals surface area contributed by atoms with Gasteiger partial charge in [0.05, 0.1) is 38.3 Å². The van der Waals surface area contributed by atoms with E-state index in [1.54, 1.807) is 0 Å². The second-order valence-corrected chi connectivity index (χ2v) is 11.3. The van der Waals surface area contributed by atoms with Crippen LogP contribution < -0.4 is 20.1 Å². The van der Waals surface area contributed by atoms with Crippen LogP contribution in [-0.2, 0) is 23.8 Å². The Hall–Kier alpha value is -4.70. The highest BCUT2D eigenvalue weighted by Gasteiger charge is 2.33. The molecule has 2 heterocycles. The summed E-state index contributed by atoms with van der Waals surface area (Å²) >= 11 is 0. The molecule has 47 heavy (non-hydrogen) atoms. The maximum absolute atomic E-state index is 13.2. The number of carbonyl (C=O) groups excluding carboxylic acids is 2. The summed E-state index contributed by atoms with van der Waals surface area (Å²) in [5.74, 6) is 1.97. The fourth-order valence-corrected chi connectivity index (χ4v) is 5.90. The largest absolute Gasteiger partial charge is 0.457 e. The number of hydrogen-bond acceptors (Lipinski definition) is 7. The van der Waals surface area contributed by atoms with Gasteiger partial charge in [0, 0.05) is 48.6 Å². The first-order chi connectivity index (χ1) is 23.2. The lowest BCUT2D eigenvalue weighted by Crippen LogP contribution is -2.32. The fraction of sp³-hybridized carbons (Fsp3) is 0.316. The van der Waals surface area contributed by atoms with Gasteiger partial charge in [0.25, 0.3) is 0 Å². The molecule has 9 heteroatoms. The number of fused-ring (bicyclic) bond motifs is 4. The molecule has 0 aromatic heterocycles. The van der Waals surface area contributed by atoms with E-state index in [2.05, 4.69) is 10.6 Å². The maximum Gasteiger partial charge on any atom is 0.232 e. The van der Waals surface area contributed by atoms with Crippen LogP contribution in [0, 0.1) is 0 Å². The van der Waals surface area contributed by atoms with E-state index in [-0.39, 0.29) is 11.8 Å². The van der Waals surface area contributed by atoms with E-state index in [4.69, 9.17) is 23.7 Å². The van der Waals surface area contributed by atoms with Crippen LogP contribution in [0.2, 0.25) is 0 Å². The number of hydrogen-bond donors (Lipinski definition) is 2. The lowest BCUT2D eigenvalue weighted by atomic mass is 9.87. The maximum atomic E-state index is 13.2. The van der Waals surface area contributed by atoms with E-state index in [1.807, 2.05) is 97.1 Å². The SMILES string of the molecule is O=C(NCCCOCCOCCOCCCNC(=O)C1c2ccccc2Oc2ccccc21)C1c2ccccc2Oc2ccccc21. The van der Waals surface area contributed by atoms with Gasteiger partial charge in [-0.25, -0.2) is 0 Å². The first-order valence-corrected chi connectivity index (χ1v) is 16.2. The Labute approximate surface area is 275 Å². The highest BCUT2D eigenvalue weighted by atomic mass is 16.5. The van der Waals surface area contributed by atoms with E-state index in [1.165, 1.54) is 0 Å². The van der Waals surface area contributed by atoms with Crippen LogP contribution in [0.3, 0.4) is 0 Å². The van der Waals surface area contributed by atoms with Crippen molar-refractivity contribution >= 4 is 11.8 Å². The number of para-hydroxylation sites is 4. The average molecular weight is 637 g/mol. The van der Waals surface area contributed by atoms with Crippen molar-refractivity contribution in [3.63, 3.8) is 0 Å². The van der Waals surface area contributed by atoms with Gasteiger partial charge in [-0.15, -0.1) is 0 Å². The molecule has 2 aliphatic rings. The summed E-state index contributed by atoms with van der Waals surface area (Å²) in [4.78, 5) is 26.3. The minimum Gasteiger partial charge on any atom is -0.457 e. The average Bonchev–Trinajstić information content (AvgIpc) is 3.10. The molecular weight excluding hydrogens is 596 g/mol. The molecule has 0 spiro atoms. The second kappa shape index (κ2) is 16.2. The van der Waals surface area contributed by atoms with Crippen LogP contribution in [0.15, 0.2) is 97.1 Å². The number of amides is 2. The molecule has 2 amide bonds. The second-order valence-electron chi connectivity index (χ2n) is 11.3. The molecule has 0 saturated carbocycles. The van der Waals surface area contributed by atoms with Gasteiger partial charge in [-0.2, -0.15) is 0 Å². The van der Waals surface area contributed by atoms with E-state index in [9.17, 15) is 9.59 Å². The molecule has 0 fully saturated rings. The number of rotatable bonds is 16. The summed E-state index contributed by atoms with van der Waals surface area (Å²) in [6, 6.07) is 30.7. The summed E-state index contributed by atoms with van der Waals surface area (Å²) in [5.41, 5.74) is 3.49. The van der Waals surface area contributed by atoms with Crippen molar-refractivity contribution in [1.29, 1.82) is 0 Å². The minimum absolute atomic E-state index is 0.0465. The van der Waals surface area contributed by atoms with E-state index in [0.29, 0.717) is 88.6 Å². The van der Waals surface area contributed by atoms with Crippen LogP contribution in [0.4, 0.5) is 0 Å². The third-order valence-electron chi connectivity index (χ3n) is 8.16. The van der Waals surface area contributed by atoms with Gasteiger partial charge in [-0.3, -0.25) is 9.59 Å². The van der Waals surface area contributed by atoms with E-state index < -0.39 is 11.8 Å². The number of nitrogens with one attached hydrogen (secondary N) is 2. The summed E-state index contributed by atoms with van der Waals surface area (Å²) in [5, 5.41) is 6.11. The van der Waals surface area contributed by atoms with Crippen LogP contribution in [-0.4, -0.2) is 64.5 Å². The fourth-order valence-electron chi connectivity index (χ4n) is 5.90. The molecule has 6 rings (SSSR count). The van der Waals surface area contributed by atoms with E-state index in [0.717, 1.165) is 22.3 Å². The molecular formula is C38H40N2O7. The van der Waals surface area contributed by atoms with Crippen molar-refractivity contribution < 1.29 is 33.3 Å². The molecule has 0 unspecified atom stereocenters. The van der Waals surface area contributed by atoms with Gasteiger partial charge >= 0.3 is 0 Å². The molecule has 4 aromatic carbocycles. The van der Waals surface area contributed by atoms with Gasteiger partial charge in [0.15, 0.2) is 0 Å². The molecule has 4 aromatic rings. The minimum atomic E-state index is -0.403. The van der Waals surface area contributed by atoms with Gasteiger partial charge in [0.1, 0.15) is 23.0 Å². The predicted octanol–water partition coefficient (Wildman–Crippen LogP) is 5.92. The van der Waals surface area contributed by atoms with Gasteiger partial charge in [0.2, 0.25) is 11.8 Å². The van der Waals surface area contributed by atoms with Crippen LogP contribution >= 0.6 is 0 Å². The van der Waals surface area contributed by atoms with Crippen LogP contribution in [0.5, 0.6) is 23.0 Å². The van der Waals surface area contributed by atoms with E-state index >= 15 is 0 Å². The molecule has 244 valence electrons. The summed E-state index contributed by atoms with van der Waals surface area (Å²) in [6.07, 6.45) is 1.40. The molecule has 9 nitrogen and oxygen atoms in total. The van der Waals surface area contributed by atoms with Gasteiger partial charge < -0.3 is 34.3 Å². The standard InChI is InChI=1S/C38H40N2O7/c41-37(35-27-11-1-5-15-31(27)46-32-16-6-2-12-28(32)35)39-19-9-21-43-23-25-45-26-24-44-22-10-20-40-38(42)36-29-13-3-7-17-33(29)47-34-18-8-4-14-30(34)36/h1-8,11-18,35-36H,9-10,19-26H2,(H,39,41)(H,40,42). The lowest BCUT2D eigenvalue weighted by Gasteiger charge is -2.27. The molecule has 0 atom stereocenters. The number of ether oxygens (including phenoxy) is 5. The normalized spacial score (nSPS) is 13.3. The Morgan fingerprint density at radius 1 is 0.468 bits per heavy atom. The first kappa shape index (κ1) is 32.2. The number of benzene rings is 4. The van der Waals surface area contributed by atoms with Crippen molar-refractivity contribution in [1.82, 2.24) is 10.6 Å². The zero-order valence-electron chi connectivity index (χ0n) is 26.3. The first-order valence-electron chi connectivity index (χ1n) is 16.2. The van der Waals surface area contributed by atoms with Crippen molar-refractivity contribution in [3.05, 3.63) is 119 Å². The zero-order valence-corrected chi connectivity index (χ0v) is 26.3. The lowest BCUT2D eigenvalue weighted by molar-refractivity contribution is -0.122. The predicted molar refractivity (Wildman–Crippen MR) is 177 cm³/mol. The molecule has 0 saturated heterocycles. The molecule has 0 bridgehead atoms. The third kappa shape index (κ3) is 8.00. The summed E-state index contributed by atoms with van der Waals surface area (Å²) in [6.45, 7) is 3.97. The van der Waals surface area contributed by atoms with Gasteiger partial charge in [-0.05, 0) is 37.1 Å². The Morgan fingerprint density at radius 3 is 1.11 bits per heavy atom. The zero-order chi connectivity index (χ0) is 32.3. The highest BCUT2D eigenvalue weighted by molar-refractivity contribution is 5.90. The monoisotopic (exact) mass is 636 g/mol. The molecule has 0 aliphatic carbocycles. The molecule has 2 aliphatic heterocycles. The van der Waals surface area contributed by atoms with Gasteiger partial charge in [-0.1, -0.05) is 72.8 Å². The quantitative estimate of drug-likeness (QED) is 0.147. The van der Waals surface area contributed by atoms with Crippen LogP contribution in [0.25, 0.3) is 0 Å². The van der Waals surface area contributed by atoms with Crippen molar-refractivity contribution in [2.45, 2.75) is 24.7 Å². The number of carbonyl (C=O) groups is 2. The molecule has 0 radical (unpaired) electrons.